The topological polar surface area (TPSA) is 69.1 Å². The van der Waals surface area contributed by atoms with E-state index < -0.39 is 5.91 Å². The quantitative estimate of drug-likeness (QED) is 0.847. The average molecular weight is 279 g/mol. The van der Waals surface area contributed by atoms with Crippen molar-refractivity contribution < 1.29 is 4.79 Å². The second kappa shape index (κ2) is 5.33. The predicted octanol–water partition coefficient (Wildman–Crippen LogP) is 3.17. The first-order valence-corrected chi connectivity index (χ1v) is 6.39. The smallest absolute Gasteiger partial charge is 0.250 e. The molecule has 0 saturated heterocycles. The Bertz CT molecular complexity index is 601. The molecule has 4 N–H and O–H groups in total. The summed E-state index contributed by atoms with van der Waals surface area (Å²) in [5.41, 5.74) is 11.9. The molecule has 5 heteroatoms. The molecule has 0 spiro atoms. The number of para-hydroxylation sites is 1. The summed E-state index contributed by atoms with van der Waals surface area (Å²) < 4.78 is 0. The Balaban J connectivity index is 2.39. The van der Waals surface area contributed by atoms with Crippen molar-refractivity contribution in [3.63, 3.8) is 0 Å². The highest BCUT2D eigenvalue weighted by atomic mass is 35.5. The highest BCUT2D eigenvalue weighted by Gasteiger charge is 2.11. The Kier molecular flexibility index (Phi) is 3.79. The van der Waals surface area contributed by atoms with Crippen LogP contribution in [-0.2, 0) is 0 Å². The van der Waals surface area contributed by atoms with Gasteiger partial charge in [0.15, 0.2) is 0 Å². The number of carbonyl (C=O) groups excluding carboxylic acids is 1. The zero-order valence-corrected chi connectivity index (χ0v) is 11.0. The maximum absolute atomic E-state index is 11.2. The number of rotatable bonds is 3. The van der Waals surface area contributed by atoms with Gasteiger partial charge in [-0.05, 0) is 24.3 Å². The van der Waals surface area contributed by atoms with E-state index in [2.05, 4.69) is 0 Å². The van der Waals surface area contributed by atoms with Crippen LogP contribution in [0, 0.1) is 0 Å². The maximum atomic E-state index is 11.2. The van der Waals surface area contributed by atoms with Gasteiger partial charge in [0.05, 0.1) is 16.3 Å². The molecule has 0 bridgehead atoms. The lowest BCUT2D eigenvalue weighted by molar-refractivity contribution is 0.100. The molecule has 0 aromatic heterocycles. The lowest BCUT2D eigenvalue weighted by Gasteiger charge is -2.09. The van der Waals surface area contributed by atoms with Crippen LogP contribution >= 0.6 is 23.4 Å². The van der Waals surface area contributed by atoms with Gasteiger partial charge in [0.2, 0.25) is 0 Å². The molecular weight excluding hydrogens is 268 g/mol. The zero-order valence-electron chi connectivity index (χ0n) is 9.39. The Morgan fingerprint density at radius 3 is 2.39 bits per heavy atom. The third-order valence-electron chi connectivity index (χ3n) is 2.39. The van der Waals surface area contributed by atoms with E-state index in [1.807, 2.05) is 24.3 Å². The van der Waals surface area contributed by atoms with Crippen LogP contribution in [-0.4, -0.2) is 5.91 Å². The largest absolute Gasteiger partial charge is 0.397 e. The number of hydrogen-bond acceptors (Lipinski definition) is 3. The number of carbonyl (C=O) groups is 1. The van der Waals surface area contributed by atoms with Crippen molar-refractivity contribution in [1.29, 1.82) is 0 Å². The van der Waals surface area contributed by atoms with Crippen LogP contribution in [0.4, 0.5) is 5.69 Å². The molecule has 0 fully saturated rings. The molecule has 0 unspecified atom stereocenters. The first kappa shape index (κ1) is 12.8. The van der Waals surface area contributed by atoms with Gasteiger partial charge in [-0.1, -0.05) is 41.6 Å². The fourth-order valence-corrected chi connectivity index (χ4v) is 2.66. The average Bonchev–Trinajstić information content (AvgIpc) is 2.34. The SMILES string of the molecule is NC(=O)c1cccc(Sc2ccccc2Cl)c1N. The second-order valence-electron chi connectivity index (χ2n) is 3.61. The molecule has 0 heterocycles. The van der Waals surface area contributed by atoms with Crippen molar-refractivity contribution in [3.05, 3.63) is 53.1 Å². The Morgan fingerprint density at radius 1 is 1.06 bits per heavy atom. The molecular formula is C13H11ClN2OS. The van der Waals surface area contributed by atoms with Crippen LogP contribution in [0.1, 0.15) is 10.4 Å². The monoisotopic (exact) mass is 278 g/mol. The molecule has 0 radical (unpaired) electrons. The molecule has 0 aliphatic rings. The first-order chi connectivity index (χ1) is 8.59. The van der Waals surface area contributed by atoms with Gasteiger partial charge >= 0.3 is 0 Å². The number of anilines is 1. The molecule has 0 atom stereocenters. The number of primary amides is 1. The van der Waals surface area contributed by atoms with E-state index in [4.69, 9.17) is 23.1 Å². The molecule has 2 aromatic carbocycles. The minimum atomic E-state index is -0.533. The van der Waals surface area contributed by atoms with Gasteiger partial charge in [-0.15, -0.1) is 0 Å². The van der Waals surface area contributed by atoms with E-state index in [1.165, 1.54) is 11.8 Å². The number of hydrogen-bond donors (Lipinski definition) is 2. The number of amides is 1. The standard InChI is InChI=1S/C13H11ClN2OS/c14-9-5-1-2-6-10(9)18-11-7-3-4-8(12(11)15)13(16)17/h1-7H,15H2,(H2,16,17). The van der Waals surface area contributed by atoms with E-state index in [0.717, 1.165) is 9.79 Å². The fraction of sp³-hybridized carbons (Fsp3) is 0. The number of benzene rings is 2. The van der Waals surface area contributed by atoms with Crippen molar-refractivity contribution in [3.8, 4) is 0 Å². The van der Waals surface area contributed by atoms with Crippen LogP contribution in [0.25, 0.3) is 0 Å². The van der Waals surface area contributed by atoms with E-state index in [1.54, 1.807) is 18.2 Å². The summed E-state index contributed by atoms with van der Waals surface area (Å²) in [4.78, 5) is 12.8. The minimum Gasteiger partial charge on any atom is -0.397 e. The molecule has 18 heavy (non-hydrogen) atoms. The third-order valence-corrected chi connectivity index (χ3v) is 3.98. The molecule has 2 aromatic rings. The van der Waals surface area contributed by atoms with E-state index in [0.29, 0.717) is 16.3 Å². The van der Waals surface area contributed by atoms with Gasteiger partial charge in [0.25, 0.3) is 5.91 Å². The summed E-state index contributed by atoms with van der Waals surface area (Å²) in [5, 5.41) is 0.645. The molecule has 0 aliphatic carbocycles. The highest BCUT2D eigenvalue weighted by Crippen LogP contribution is 2.37. The molecule has 0 saturated carbocycles. The first-order valence-electron chi connectivity index (χ1n) is 5.20. The Labute approximate surface area is 114 Å². The lowest BCUT2D eigenvalue weighted by atomic mass is 10.2. The summed E-state index contributed by atoms with van der Waals surface area (Å²) in [6, 6.07) is 12.6. The van der Waals surface area contributed by atoms with Gasteiger partial charge in [0, 0.05) is 9.79 Å². The number of nitrogen functional groups attached to an aromatic ring is 1. The van der Waals surface area contributed by atoms with E-state index in [9.17, 15) is 4.79 Å². The summed E-state index contributed by atoms with van der Waals surface area (Å²) in [7, 11) is 0. The van der Waals surface area contributed by atoms with Crippen molar-refractivity contribution in [2.24, 2.45) is 5.73 Å². The third kappa shape index (κ3) is 2.60. The number of nitrogens with two attached hydrogens (primary N) is 2. The fourth-order valence-electron chi connectivity index (χ4n) is 1.49. The predicted molar refractivity (Wildman–Crippen MR) is 74.9 cm³/mol. The van der Waals surface area contributed by atoms with Crippen LogP contribution in [0.15, 0.2) is 52.3 Å². The minimum absolute atomic E-state index is 0.326. The number of halogens is 1. The van der Waals surface area contributed by atoms with Crippen molar-refractivity contribution >= 4 is 35.0 Å². The van der Waals surface area contributed by atoms with Gasteiger partial charge in [-0.3, -0.25) is 4.79 Å². The molecule has 1 amide bonds. The Morgan fingerprint density at radius 2 is 1.72 bits per heavy atom. The summed E-state index contributed by atoms with van der Waals surface area (Å²) in [6.45, 7) is 0. The van der Waals surface area contributed by atoms with Gasteiger partial charge < -0.3 is 11.5 Å². The molecule has 92 valence electrons. The normalized spacial score (nSPS) is 10.3. The van der Waals surface area contributed by atoms with Crippen LogP contribution < -0.4 is 11.5 Å². The molecule has 3 nitrogen and oxygen atoms in total. The van der Waals surface area contributed by atoms with Crippen LogP contribution in [0.5, 0.6) is 0 Å². The van der Waals surface area contributed by atoms with Gasteiger partial charge in [-0.2, -0.15) is 0 Å². The van der Waals surface area contributed by atoms with Gasteiger partial charge in [-0.25, -0.2) is 0 Å². The maximum Gasteiger partial charge on any atom is 0.250 e. The lowest BCUT2D eigenvalue weighted by Crippen LogP contribution is -2.13. The molecule has 0 aliphatic heterocycles. The zero-order chi connectivity index (χ0) is 13.1. The van der Waals surface area contributed by atoms with Crippen LogP contribution in [0.2, 0.25) is 5.02 Å². The Hall–Kier alpha value is -1.65. The highest BCUT2D eigenvalue weighted by molar-refractivity contribution is 7.99. The summed E-state index contributed by atoms with van der Waals surface area (Å²) >= 11 is 7.48. The second-order valence-corrected chi connectivity index (χ2v) is 5.11. The van der Waals surface area contributed by atoms with Crippen LogP contribution in [0.3, 0.4) is 0 Å². The summed E-state index contributed by atoms with van der Waals surface area (Å²) in [5.74, 6) is -0.533. The van der Waals surface area contributed by atoms with Crippen molar-refractivity contribution in [2.75, 3.05) is 5.73 Å². The van der Waals surface area contributed by atoms with Crippen molar-refractivity contribution in [1.82, 2.24) is 0 Å². The summed E-state index contributed by atoms with van der Waals surface area (Å²) in [6.07, 6.45) is 0. The van der Waals surface area contributed by atoms with Crippen molar-refractivity contribution in [2.45, 2.75) is 9.79 Å². The van der Waals surface area contributed by atoms with E-state index in [-0.39, 0.29) is 0 Å². The molecule has 2 rings (SSSR count). The van der Waals surface area contributed by atoms with E-state index >= 15 is 0 Å². The van der Waals surface area contributed by atoms with Gasteiger partial charge in [0.1, 0.15) is 0 Å².